The standard InChI is InChI=1S/C38H24N4/c1-3-11-25(12-4-1)32-23-40-35(24-39-32)42-34-18-10-8-16-29(34)31-22-20-26-19-21-30-28-15-7-9-17-33(28)41(27-13-5-2-6-14-27)37(30)36(26)38(31)42/h1-24H. The van der Waals surface area contributed by atoms with Gasteiger partial charge in [0.1, 0.15) is 0 Å². The number of benzene rings is 6. The highest BCUT2D eigenvalue weighted by atomic mass is 15.1. The van der Waals surface area contributed by atoms with Gasteiger partial charge in [0.25, 0.3) is 0 Å². The van der Waals surface area contributed by atoms with Crippen LogP contribution in [0.4, 0.5) is 0 Å². The SMILES string of the molecule is c1ccc(-c2cnc(-n3c4ccccc4c4ccc5ccc6c7ccccc7n(-c7ccccc7)c6c5c43)cn2)cc1. The molecule has 0 amide bonds. The molecule has 0 N–H and O–H groups in total. The molecular weight excluding hydrogens is 512 g/mol. The molecule has 42 heavy (non-hydrogen) atoms. The monoisotopic (exact) mass is 536 g/mol. The van der Waals surface area contributed by atoms with E-state index in [-0.39, 0.29) is 0 Å². The van der Waals surface area contributed by atoms with Gasteiger partial charge in [-0.25, -0.2) is 4.98 Å². The van der Waals surface area contributed by atoms with Gasteiger partial charge in [-0.1, -0.05) is 109 Å². The Morgan fingerprint density at radius 2 is 1.00 bits per heavy atom. The second-order valence-electron chi connectivity index (χ2n) is 10.7. The van der Waals surface area contributed by atoms with Gasteiger partial charge in [0.15, 0.2) is 5.82 Å². The average Bonchev–Trinajstić information content (AvgIpc) is 3.59. The summed E-state index contributed by atoms with van der Waals surface area (Å²) < 4.78 is 4.71. The number of aromatic nitrogens is 4. The number of para-hydroxylation sites is 3. The third-order valence-corrected chi connectivity index (χ3v) is 8.40. The van der Waals surface area contributed by atoms with Crippen molar-refractivity contribution in [3.8, 4) is 22.8 Å². The minimum absolute atomic E-state index is 0.799. The average molecular weight is 537 g/mol. The van der Waals surface area contributed by atoms with Crippen LogP contribution in [-0.4, -0.2) is 19.1 Å². The first-order chi connectivity index (χ1) is 20.9. The van der Waals surface area contributed by atoms with Crippen molar-refractivity contribution in [2.75, 3.05) is 0 Å². The summed E-state index contributed by atoms with van der Waals surface area (Å²) in [6, 6.07) is 47.2. The van der Waals surface area contributed by atoms with E-state index in [0.717, 1.165) is 33.8 Å². The van der Waals surface area contributed by atoms with Crippen LogP contribution < -0.4 is 0 Å². The number of fused-ring (bicyclic) bond motifs is 9. The molecule has 4 nitrogen and oxygen atoms in total. The lowest BCUT2D eigenvalue weighted by Gasteiger charge is -2.13. The van der Waals surface area contributed by atoms with E-state index in [1.165, 1.54) is 43.4 Å². The molecule has 3 aromatic heterocycles. The summed E-state index contributed by atoms with van der Waals surface area (Å²) >= 11 is 0. The lowest BCUT2D eigenvalue weighted by Crippen LogP contribution is -2.00. The maximum absolute atomic E-state index is 5.00. The Hall–Kier alpha value is -5.74. The van der Waals surface area contributed by atoms with Gasteiger partial charge in [0.2, 0.25) is 0 Å². The normalized spacial score (nSPS) is 11.8. The third-order valence-electron chi connectivity index (χ3n) is 8.40. The molecule has 9 aromatic rings. The summed E-state index contributed by atoms with van der Waals surface area (Å²) in [5, 5.41) is 7.26. The molecule has 4 heteroatoms. The first kappa shape index (κ1) is 23.0. The molecule has 6 aromatic carbocycles. The Kier molecular flexibility index (Phi) is 4.87. The molecule has 0 saturated heterocycles. The molecule has 0 radical (unpaired) electrons. The van der Waals surface area contributed by atoms with Gasteiger partial charge < -0.3 is 4.57 Å². The first-order valence-electron chi connectivity index (χ1n) is 14.2. The molecule has 9 rings (SSSR count). The minimum atomic E-state index is 0.799. The first-order valence-corrected chi connectivity index (χ1v) is 14.2. The summed E-state index contributed by atoms with van der Waals surface area (Å²) in [4.78, 5) is 9.87. The zero-order valence-corrected chi connectivity index (χ0v) is 22.6. The maximum atomic E-state index is 5.00. The van der Waals surface area contributed by atoms with E-state index in [1.807, 2.05) is 30.6 Å². The van der Waals surface area contributed by atoms with Crippen molar-refractivity contribution in [2.24, 2.45) is 0 Å². The van der Waals surface area contributed by atoms with Crippen LogP contribution in [0.1, 0.15) is 0 Å². The molecule has 0 aliphatic rings. The van der Waals surface area contributed by atoms with Crippen LogP contribution in [0.5, 0.6) is 0 Å². The summed E-state index contributed by atoms with van der Waals surface area (Å²) in [6.45, 7) is 0. The molecule has 0 fully saturated rings. The Bertz CT molecular complexity index is 2430. The molecule has 0 aliphatic carbocycles. The minimum Gasteiger partial charge on any atom is -0.309 e. The van der Waals surface area contributed by atoms with Gasteiger partial charge in [-0.15, -0.1) is 0 Å². The van der Waals surface area contributed by atoms with Crippen molar-refractivity contribution in [2.45, 2.75) is 0 Å². The molecular formula is C38H24N4. The van der Waals surface area contributed by atoms with Crippen LogP contribution in [0.25, 0.3) is 77.1 Å². The molecule has 0 saturated carbocycles. The van der Waals surface area contributed by atoms with E-state index < -0.39 is 0 Å². The van der Waals surface area contributed by atoms with Crippen molar-refractivity contribution >= 4 is 54.4 Å². The van der Waals surface area contributed by atoms with Crippen LogP contribution in [0.3, 0.4) is 0 Å². The van der Waals surface area contributed by atoms with E-state index in [4.69, 9.17) is 9.97 Å². The van der Waals surface area contributed by atoms with E-state index >= 15 is 0 Å². The topological polar surface area (TPSA) is 35.6 Å². The smallest absolute Gasteiger partial charge is 0.156 e. The molecule has 196 valence electrons. The quantitative estimate of drug-likeness (QED) is 0.225. The van der Waals surface area contributed by atoms with Crippen molar-refractivity contribution in [3.63, 3.8) is 0 Å². The molecule has 0 aliphatic heterocycles. The Morgan fingerprint density at radius 1 is 0.429 bits per heavy atom. The van der Waals surface area contributed by atoms with E-state index in [2.05, 4.69) is 124 Å². The van der Waals surface area contributed by atoms with Gasteiger partial charge in [0.05, 0.1) is 40.2 Å². The summed E-state index contributed by atoms with van der Waals surface area (Å²) in [6.07, 6.45) is 3.78. The number of hydrogen-bond acceptors (Lipinski definition) is 2. The molecule has 0 bridgehead atoms. The van der Waals surface area contributed by atoms with Gasteiger partial charge in [0, 0.05) is 38.2 Å². The summed E-state index contributed by atoms with van der Waals surface area (Å²) in [5.41, 5.74) is 7.70. The molecule has 3 heterocycles. The Morgan fingerprint density at radius 3 is 1.64 bits per heavy atom. The predicted molar refractivity (Wildman–Crippen MR) is 174 cm³/mol. The second kappa shape index (κ2) is 8.88. The number of nitrogens with zero attached hydrogens (tertiary/aromatic N) is 4. The zero-order chi connectivity index (χ0) is 27.6. The summed E-state index contributed by atoms with van der Waals surface area (Å²) in [5.74, 6) is 0.799. The van der Waals surface area contributed by atoms with Crippen LogP contribution in [0, 0.1) is 0 Å². The molecule has 0 unspecified atom stereocenters. The largest absolute Gasteiger partial charge is 0.309 e. The molecule has 0 atom stereocenters. The highest BCUT2D eigenvalue weighted by molar-refractivity contribution is 6.28. The Labute approximate surface area is 241 Å². The van der Waals surface area contributed by atoms with Crippen molar-refractivity contribution < 1.29 is 0 Å². The van der Waals surface area contributed by atoms with Gasteiger partial charge in [-0.2, -0.15) is 0 Å². The number of hydrogen-bond donors (Lipinski definition) is 0. The van der Waals surface area contributed by atoms with Crippen LogP contribution in [0.15, 0.2) is 146 Å². The van der Waals surface area contributed by atoms with Crippen molar-refractivity contribution in [1.29, 1.82) is 0 Å². The van der Waals surface area contributed by atoms with E-state index in [9.17, 15) is 0 Å². The zero-order valence-electron chi connectivity index (χ0n) is 22.6. The predicted octanol–water partition coefficient (Wildman–Crippen LogP) is 9.49. The van der Waals surface area contributed by atoms with Crippen molar-refractivity contribution in [1.82, 2.24) is 19.1 Å². The third kappa shape index (κ3) is 3.23. The highest BCUT2D eigenvalue weighted by Crippen LogP contribution is 2.42. The van der Waals surface area contributed by atoms with Gasteiger partial charge in [-0.3, -0.25) is 9.55 Å². The fourth-order valence-corrected chi connectivity index (χ4v) is 6.59. The Balaban J connectivity index is 1.46. The van der Waals surface area contributed by atoms with E-state index in [1.54, 1.807) is 0 Å². The van der Waals surface area contributed by atoms with Gasteiger partial charge in [-0.05, 0) is 29.7 Å². The fourth-order valence-electron chi connectivity index (χ4n) is 6.59. The number of rotatable bonds is 3. The van der Waals surface area contributed by atoms with Crippen LogP contribution >= 0.6 is 0 Å². The highest BCUT2D eigenvalue weighted by Gasteiger charge is 2.21. The maximum Gasteiger partial charge on any atom is 0.156 e. The van der Waals surface area contributed by atoms with E-state index in [0.29, 0.717) is 0 Å². The lowest BCUT2D eigenvalue weighted by molar-refractivity contribution is 1.05. The summed E-state index contributed by atoms with van der Waals surface area (Å²) in [7, 11) is 0. The lowest BCUT2D eigenvalue weighted by atomic mass is 10.0. The second-order valence-corrected chi connectivity index (χ2v) is 10.7. The van der Waals surface area contributed by atoms with Crippen LogP contribution in [-0.2, 0) is 0 Å². The van der Waals surface area contributed by atoms with Crippen LogP contribution in [0.2, 0.25) is 0 Å². The van der Waals surface area contributed by atoms with Crippen molar-refractivity contribution in [3.05, 3.63) is 146 Å². The van der Waals surface area contributed by atoms with Gasteiger partial charge >= 0.3 is 0 Å². The molecule has 0 spiro atoms. The fraction of sp³-hybridized carbons (Fsp3) is 0.